The number of amides is 1. The summed E-state index contributed by atoms with van der Waals surface area (Å²) in [5.74, 6) is 1.19. The minimum Gasteiger partial charge on any atom is -0.389 e. The maximum absolute atomic E-state index is 12.8. The first kappa shape index (κ1) is 16.6. The molecule has 24 heavy (non-hydrogen) atoms. The summed E-state index contributed by atoms with van der Waals surface area (Å²) in [6.07, 6.45) is 2.17. The van der Waals surface area contributed by atoms with Crippen LogP contribution in [0.4, 0.5) is 0 Å². The van der Waals surface area contributed by atoms with Gasteiger partial charge in [-0.2, -0.15) is 0 Å². The second kappa shape index (κ2) is 6.36. The van der Waals surface area contributed by atoms with Gasteiger partial charge < -0.3 is 10.0 Å². The minimum absolute atomic E-state index is 0.201. The van der Waals surface area contributed by atoms with E-state index in [4.69, 9.17) is 0 Å². The van der Waals surface area contributed by atoms with E-state index >= 15 is 0 Å². The SMILES string of the molecule is CCN(CC(C)(C)O)C(=O)c1nc(C2CC2)n(-c2ccccc2)n1. The van der Waals surface area contributed by atoms with Gasteiger partial charge in [-0.25, -0.2) is 9.67 Å². The summed E-state index contributed by atoms with van der Waals surface area (Å²) >= 11 is 0. The molecule has 1 aliphatic carbocycles. The number of hydrogen-bond acceptors (Lipinski definition) is 4. The molecule has 1 heterocycles. The van der Waals surface area contributed by atoms with Crippen molar-refractivity contribution in [3.05, 3.63) is 42.0 Å². The average molecular weight is 328 g/mol. The molecule has 0 saturated heterocycles. The van der Waals surface area contributed by atoms with Crippen molar-refractivity contribution in [2.24, 2.45) is 0 Å². The molecule has 6 nitrogen and oxygen atoms in total. The molecule has 128 valence electrons. The number of aliphatic hydroxyl groups is 1. The Kier molecular flexibility index (Phi) is 4.41. The first-order valence-electron chi connectivity index (χ1n) is 8.43. The quantitative estimate of drug-likeness (QED) is 0.884. The van der Waals surface area contributed by atoms with E-state index in [-0.39, 0.29) is 18.3 Å². The Morgan fingerprint density at radius 3 is 2.54 bits per heavy atom. The van der Waals surface area contributed by atoms with Gasteiger partial charge in [0.2, 0.25) is 5.82 Å². The lowest BCUT2D eigenvalue weighted by atomic mass is 10.1. The van der Waals surface area contributed by atoms with Crippen molar-refractivity contribution in [3.63, 3.8) is 0 Å². The molecule has 1 aromatic heterocycles. The highest BCUT2D eigenvalue weighted by molar-refractivity contribution is 5.90. The van der Waals surface area contributed by atoms with Crippen LogP contribution in [0, 0.1) is 0 Å². The van der Waals surface area contributed by atoms with Gasteiger partial charge in [0.05, 0.1) is 11.3 Å². The summed E-state index contributed by atoms with van der Waals surface area (Å²) in [6, 6.07) is 9.77. The van der Waals surface area contributed by atoms with Crippen molar-refractivity contribution in [2.45, 2.75) is 45.1 Å². The van der Waals surface area contributed by atoms with Gasteiger partial charge >= 0.3 is 0 Å². The summed E-state index contributed by atoms with van der Waals surface area (Å²) < 4.78 is 1.78. The lowest BCUT2D eigenvalue weighted by Crippen LogP contribution is -2.42. The number of hydrogen-bond donors (Lipinski definition) is 1. The highest BCUT2D eigenvalue weighted by atomic mass is 16.3. The van der Waals surface area contributed by atoms with Gasteiger partial charge in [-0.15, -0.1) is 5.10 Å². The molecule has 2 aromatic rings. The standard InChI is InChI=1S/C18H24N4O2/c1-4-21(12-18(2,3)24)17(23)15-19-16(13-10-11-13)22(20-15)14-8-6-5-7-9-14/h5-9,13,24H,4,10-12H2,1-3H3. The smallest absolute Gasteiger partial charge is 0.293 e. The van der Waals surface area contributed by atoms with Crippen molar-refractivity contribution in [1.82, 2.24) is 19.7 Å². The molecule has 0 radical (unpaired) electrons. The number of aromatic nitrogens is 3. The maximum atomic E-state index is 12.8. The molecule has 0 aliphatic heterocycles. The highest BCUT2D eigenvalue weighted by Gasteiger charge is 2.33. The second-order valence-electron chi connectivity index (χ2n) is 6.95. The number of carbonyl (C=O) groups is 1. The summed E-state index contributed by atoms with van der Waals surface area (Å²) in [5, 5.41) is 14.5. The number of likely N-dealkylation sites (N-methyl/N-ethyl adjacent to an activating group) is 1. The van der Waals surface area contributed by atoms with Crippen LogP contribution in [0.15, 0.2) is 30.3 Å². The molecule has 1 aromatic carbocycles. The Labute approximate surface area is 142 Å². The van der Waals surface area contributed by atoms with Gasteiger partial charge in [-0.05, 0) is 45.7 Å². The summed E-state index contributed by atoms with van der Waals surface area (Å²) in [6.45, 7) is 6.02. The third kappa shape index (κ3) is 3.64. The minimum atomic E-state index is -0.951. The van der Waals surface area contributed by atoms with Crippen LogP contribution in [0.25, 0.3) is 5.69 Å². The molecular formula is C18H24N4O2. The van der Waals surface area contributed by atoms with E-state index < -0.39 is 5.60 Å². The van der Waals surface area contributed by atoms with Gasteiger partial charge in [0.1, 0.15) is 5.82 Å². The van der Waals surface area contributed by atoms with Gasteiger partial charge in [0.25, 0.3) is 5.91 Å². The molecule has 1 saturated carbocycles. The monoisotopic (exact) mass is 328 g/mol. The normalized spacial score (nSPS) is 14.7. The van der Waals surface area contributed by atoms with E-state index in [0.29, 0.717) is 12.5 Å². The zero-order chi connectivity index (χ0) is 17.3. The third-order valence-electron chi connectivity index (χ3n) is 4.01. The topological polar surface area (TPSA) is 71.2 Å². The lowest BCUT2D eigenvalue weighted by Gasteiger charge is -2.27. The van der Waals surface area contributed by atoms with Crippen LogP contribution in [0.2, 0.25) is 0 Å². The molecule has 0 spiro atoms. The molecule has 1 amide bonds. The predicted molar refractivity (Wildman–Crippen MR) is 91.2 cm³/mol. The lowest BCUT2D eigenvalue weighted by molar-refractivity contribution is 0.0308. The number of nitrogens with zero attached hydrogens (tertiary/aromatic N) is 4. The maximum Gasteiger partial charge on any atom is 0.293 e. The van der Waals surface area contributed by atoms with Crippen LogP contribution in [0.3, 0.4) is 0 Å². The predicted octanol–water partition coefficient (Wildman–Crippen LogP) is 2.38. The summed E-state index contributed by atoms with van der Waals surface area (Å²) in [4.78, 5) is 18.9. The number of benzene rings is 1. The van der Waals surface area contributed by atoms with Crippen molar-refractivity contribution in [3.8, 4) is 5.69 Å². The van der Waals surface area contributed by atoms with E-state index in [0.717, 1.165) is 24.4 Å². The Hall–Kier alpha value is -2.21. The van der Waals surface area contributed by atoms with E-state index in [2.05, 4.69) is 10.1 Å². The molecule has 1 aliphatic rings. The van der Waals surface area contributed by atoms with E-state index in [1.165, 1.54) is 0 Å². The fourth-order valence-electron chi connectivity index (χ4n) is 2.72. The van der Waals surface area contributed by atoms with Crippen molar-refractivity contribution in [1.29, 1.82) is 0 Å². The fraction of sp³-hybridized carbons (Fsp3) is 0.500. The van der Waals surface area contributed by atoms with Crippen LogP contribution < -0.4 is 0 Å². The molecule has 0 bridgehead atoms. The molecule has 0 atom stereocenters. The molecule has 1 fully saturated rings. The third-order valence-corrected chi connectivity index (χ3v) is 4.01. The second-order valence-corrected chi connectivity index (χ2v) is 6.95. The Bertz CT molecular complexity index is 714. The van der Waals surface area contributed by atoms with Gasteiger partial charge in [-0.1, -0.05) is 18.2 Å². The number of rotatable bonds is 6. The Morgan fingerprint density at radius 2 is 2.00 bits per heavy atom. The van der Waals surface area contributed by atoms with E-state index in [1.54, 1.807) is 23.4 Å². The van der Waals surface area contributed by atoms with Crippen LogP contribution in [-0.2, 0) is 0 Å². The fourth-order valence-corrected chi connectivity index (χ4v) is 2.72. The Morgan fingerprint density at radius 1 is 1.33 bits per heavy atom. The average Bonchev–Trinajstić information content (AvgIpc) is 3.30. The highest BCUT2D eigenvalue weighted by Crippen LogP contribution is 2.39. The molecule has 6 heteroatoms. The van der Waals surface area contributed by atoms with Gasteiger partial charge in [0, 0.05) is 19.0 Å². The molecule has 0 unspecified atom stereocenters. The zero-order valence-electron chi connectivity index (χ0n) is 14.4. The van der Waals surface area contributed by atoms with Crippen LogP contribution in [-0.4, -0.2) is 49.4 Å². The van der Waals surface area contributed by atoms with Crippen molar-refractivity contribution >= 4 is 5.91 Å². The molecule has 1 N–H and O–H groups in total. The number of carbonyl (C=O) groups excluding carboxylic acids is 1. The zero-order valence-corrected chi connectivity index (χ0v) is 14.4. The van der Waals surface area contributed by atoms with Crippen molar-refractivity contribution < 1.29 is 9.90 Å². The summed E-state index contributed by atoms with van der Waals surface area (Å²) in [5.41, 5.74) is -0.0380. The van der Waals surface area contributed by atoms with Crippen LogP contribution in [0.1, 0.15) is 56.0 Å². The van der Waals surface area contributed by atoms with Gasteiger partial charge in [-0.3, -0.25) is 4.79 Å². The largest absolute Gasteiger partial charge is 0.389 e. The van der Waals surface area contributed by atoms with E-state index in [9.17, 15) is 9.90 Å². The first-order valence-corrected chi connectivity index (χ1v) is 8.43. The van der Waals surface area contributed by atoms with Crippen molar-refractivity contribution in [2.75, 3.05) is 13.1 Å². The van der Waals surface area contributed by atoms with Crippen LogP contribution >= 0.6 is 0 Å². The van der Waals surface area contributed by atoms with Gasteiger partial charge in [0.15, 0.2) is 0 Å². The number of para-hydroxylation sites is 1. The Balaban J connectivity index is 1.92. The first-order chi connectivity index (χ1) is 11.4. The van der Waals surface area contributed by atoms with E-state index in [1.807, 2.05) is 37.3 Å². The molecule has 3 rings (SSSR count). The molecular weight excluding hydrogens is 304 g/mol. The summed E-state index contributed by atoms with van der Waals surface area (Å²) in [7, 11) is 0. The van der Waals surface area contributed by atoms with Crippen LogP contribution in [0.5, 0.6) is 0 Å².